The molecule has 118 valence electrons. The van der Waals surface area contributed by atoms with Crippen molar-refractivity contribution in [3.05, 3.63) is 22.4 Å². The molecule has 0 bridgehead atoms. The smallest absolute Gasteiger partial charge is 0.267 e. The first-order valence-electron chi connectivity index (χ1n) is 8.24. The lowest BCUT2D eigenvalue weighted by molar-refractivity contribution is 0.0940. The molecule has 0 saturated heterocycles. The maximum absolute atomic E-state index is 12.3. The van der Waals surface area contributed by atoms with Gasteiger partial charge in [0.05, 0.1) is 0 Å². The van der Waals surface area contributed by atoms with Crippen molar-refractivity contribution in [2.75, 3.05) is 6.54 Å². The summed E-state index contributed by atoms with van der Waals surface area (Å²) < 4.78 is 3.00. The van der Waals surface area contributed by atoms with Crippen LogP contribution in [0.2, 0.25) is 0 Å². The zero-order chi connectivity index (χ0) is 15.2. The molecule has 3 nitrogen and oxygen atoms in total. The maximum Gasteiger partial charge on any atom is 0.267 e. The highest BCUT2D eigenvalue weighted by molar-refractivity contribution is 9.10. The van der Waals surface area contributed by atoms with E-state index in [0.29, 0.717) is 0 Å². The van der Waals surface area contributed by atoms with E-state index in [1.807, 2.05) is 16.8 Å². The summed E-state index contributed by atoms with van der Waals surface area (Å²) in [6, 6.07) is 1.91. The number of aromatic nitrogens is 1. The van der Waals surface area contributed by atoms with Gasteiger partial charge >= 0.3 is 0 Å². The van der Waals surface area contributed by atoms with Gasteiger partial charge in [-0.05, 0) is 53.1 Å². The number of halogens is 1. The lowest BCUT2D eigenvalue weighted by Crippen LogP contribution is -2.28. The van der Waals surface area contributed by atoms with Crippen LogP contribution in [-0.4, -0.2) is 17.0 Å². The van der Waals surface area contributed by atoms with Crippen molar-refractivity contribution in [3.63, 3.8) is 0 Å². The Hall–Kier alpha value is -0.770. The molecule has 1 aromatic rings. The quantitative estimate of drug-likeness (QED) is 0.795. The molecule has 1 fully saturated rings. The van der Waals surface area contributed by atoms with Gasteiger partial charge in [-0.3, -0.25) is 4.79 Å². The summed E-state index contributed by atoms with van der Waals surface area (Å²) in [5.74, 6) is 1.71. The van der Waals surface area contributed by atoms with E-state index >= 15 is 0 Å². The topological polar surface area (TPSA) is 34.0 Å². The van der Waals surface area contributed by atoms with E-state index in [0.717, 1.165) is 47.9 Å². The van der Waals surface area contributed by atoms with Gasteiger partial charge in [-0.2, -0.15) is 0 Å². The van der Waals surface area contributed by atoms with Crippen molar-refractivity contribution in [1.82, 2.24) is 9.88 Å². The van der Waals surface area contributed by atoms with Crippen molar-refractivity contribution in [3.8, 4) is 0 Å². The number of carbonyl (C=O) groups excluding carboxylic acids is 1. The highest BCUT2D eigenvalue weighted by Gasteiger charge is 2.19. The third-order valence-electron chi connectivity index (χ3n) is 4.44. The second kappa shape index (κ2) is 8.02. The summed E-state index contributed by atoms with van der Waals surface area (Å²) in [4.78, 5) is 12.3. The molecule has 1 saturated carbocycles. The number of carbonyl (C=O) groups is 1. The monoisotopic (exact) mass is 354 g/mol. The lowest BCUT2D eigenvalue weighted by atomic mass is 9.81. The van der Waals surface area contributed by atoms with Crippen molar-refractivity contribution < 1.29 is 4.79 Å². The number of nitrogens with one attached hydrogen (secondary N) is 1. The highest BCUT2D eigenvalue weighted by Crippen LogP contribution is 2.30. The van der Waals surface area contributed by atoms with Gasteiger partial charge in [-0.1, -0.05) is 33.1 Å². The van der Waals surface area contributed by atoms with Gasteiger partial charge < -0.3 is 9.88 Å². The number of rotatable bonds is 6. The summed E-state index contributed by atoms with van der Waals surface area (Å²) in [5.41, 5.74) is 0.765. The summed E-state index contributed by atoms with van der Waals surface area (Å²) >= 11 is 3.46. The minimum absolute atomic E-state index is 0.0537. The van der Waals surface area contributed by atoms with Crippen LogP contribution in [0.15, 0.2) is 16.7 Å². The number of amides is 1. The van der Waals surface area contributed by atoms with E-state index < -0.39 is 0 Å². The molecule has 4 heteroatoms. The van der Waals surface area contributed by atoms with Gasteiger partial charge in [-0.25, -0.2) is 0 Å². The average Bonchev–Trinajstić information content (AvgIpc) is 2.80. The Kier molecular flexibility index (Phi) is 6.34. The van der Waals surface area contributed by atoms with E-state index in [2.05, 4.69) is 35.1 Å². The Morgan fingerprint density at radius 1 is 1.48 bits per heavy atom. The standard InChI is InChI=1S/C17H27BrN2O/c1-3-9-20-12-15(18)11-16(20)17(21)19-8-7-14-6-4-5-13(2)10-14/h11-14H,3-10H2,1-2H3,(H,19,21). The average molecular weight is 355 g/mol. The molecule has 1 aromatic heterocycles. The Morgan fingerprint density at radius 2 is 2.29 bits per heavy atom. The minimum atomic E-state index is 0.0537. The summed E-state index contributed by atoms with van der Waals surface area (Å²) in [5, 5.41) is 3.09. The Morgan fingerprint density at radius 3 is 3.00 bits per heavy atom. The molecular weight excluding hydrogens is 328 g/mol. The van der Waals surface area contributed by atoms with Crippen LogP contribution in [0.5, 0.6) is 0 Å². The minimum Gasteiger partial charge on any atom is -0.351 e. The normalized spacial score (nSPS) is 22.2. The second-order valence-corrected chi connectivity index (χ2v) is 7.34. The van der Waals surface area contributed by atoms with E-state index in [-0.39, 0.29) is 5.91 Å². The molecule has 2 unspecified atom stereocenters. The predicted molar refractivity (Wildman–Crippen MR) is 90.5 cm³/mol. The highest BCUT2D eigenvalue weighted by atomic mass is 79.9. The number of hydrogen-bond acceptors (Lipinski definition) is 1. The first kappa shape index (κ1) is 16.6. The molecule has 0 aliphatic heterocycles. The van der Waals surface area contributed by atoms with Gasteiger partial charge in [0.1, 0.15) is 5.69 Å². The number of hydrogen-bond donors (Lipinski definition) is 1. The molecule has 2 rings (SSSR count). The van der Waals surface area contributed by atoms with E-state index in [1.54, 1.807) is 0 Å². The zero-order valence-corrected chi connectivity index (χ0v) is 14.8. The number of aryl methyl sites for hydroxylation is 1. The fraction of sp³-hybridized carbons (Fsp3) is 0.706. The van der Waals surface area contributed by atoms with Gasteiger partial charge in [0.25, 0.3) is 5.91 Å². The molecule has 0 aromatic carbocycles. The molecule has 0 radical (unpaired) electrons. The maximum atomic E-state index is 12.3. The Balaban J connectivity index is 1.81. The van der Waals surface area contributed by atoms with Crippen molar-refractivity contribution in [2.45, 2.75) is 58.9 Å². The van der Waals surface area contributed by atoms with Crippen LogP contribution < -0.4 is 5.32 Å². The van der Waals surface area contributed by atoms with Gasteiger partial charge in [0.15, 0.2) is 0 Å². The third-order valence-corrected chi connectivity index (χ3v) is 4.88. The summed E-state index contributed by atoms with van der Waals surface area (Å²) in [7, 11) is 0. The molecule has 1 aliphatic carbocycles. The summed E-state index contributed by atoms with van der Waals surface area (Å²) in [6.45, 7) is 6.15. The van der Waals surface area contributed by atoms with Crippen molar-refractivity contribution in [2.24, 2.45) is 11.8 Å². The van der Waals surface area contributed by atoms with Crippen LogP contribution in [0.1, 0.15) is 62.9 Å². The second-order valence-electron chi connectivity index (χ2n) is 6.42. The van der Waals surface area contributed by atoms with Crippen molar-refractivity contribution >= 4 is 21.8 Å². The molecule has 1 amide bonds. The number of nitrogens with zero attached hydrogens (tertiary/aromatic N) is 1. The van der Waals surface area contributed by atoms with E-state index in [9.17, 15) is 4.79 Å². The van der Waals surface area contributed by atoms with E-state index in [4.69, 9.17) is 0 Å². The molecule has 1 heterocycles. The molecule has 21 heavy (non-hydrogen) atoms. The fourth-order valence-electron chi connectivity index (χ4n) is 3.39. The Bertz CT molecular complexity index is 469. The SMILES string of the molecule is CCCn1cc(Br)cc1C(=O)NCCC1CCCC(C)C1. The lowest BCUT2D eigenvalue weighted by Gasteiger charge is -2.26. The van der Waals surface area contributed by atoms with Crippen LogP contribution in [-0.2, 0) is 6.54 Å². The fourth-order valence-corrected chi connectivity index (χ4v) is 3.86. The summed E-state index contributed by atoms with van der Waals surface area (Å²) in [6.07, 6.45) is 9.52. The van der Waals surface area contributed by atoms with Gasteiger partial charge in [0.2, 0.25) is 0 Å². The van der Waals surface area contributed by atoms with Gasteiger partial charge in [0, 0.05) is 23.8 Å². The van der Waals surface area contributed by atoms with Crippen molar-refractivity contribution in [1.29, 1.82) is 0 Å². The largest absolute Gasteiger partial charge is 0.351 e. The molecular formula is C17H27BrN2O. The Labute approximate surface area is 136 Å². The van der Waals surface area contributed by atoms with Crippen LogP contribution in [0.4, 0.5) is 0 Å². The van der Waals surface area contributed by atoms with Crippen LogP contribution in [0.3, 0.4) is 0 Å². The predicted octanol–water partition coefficient (Wildman–Crippen LogP) is 4.61. The van der Waals surface area contributed by atoms with Crippen LogP contribution in [0.25, 0.3) is 0 Å². The molecule has 1 N–H and O–H groups in total. The van der Waals surface area contributed by atoms with E-state index in [1.165, 1.54) is 25.7 Å². The first-order valence-corrected chi connectivity index (χ1v) is 9.03. The third kappa shape index (κ3) is 4.87. The molecule has 1 aliphatic rings. The van der Waals surface area contributed by atoms with Gasteiger partial charge in [-0.15, -0.1) is 0 Å². The van der Waals surface area contributed by atoms with Crippen LogP contribution in [0, 0.1) is 11.8 Å². The zero-order valence-electron chi connectivity index (χ0n) is 13.2. The molecule has 0 spiro atoms. The first-order chi connectivity index (χ1) is 10.1. The molecule has 2 atom stereocenters. The van der Waals surface area contributed by atoms with Crippen LogP contribution >= 0.6 is 15.9 Å².